The van der Waals surface area contributed by atoms with Gasteiger partial charge >= 0.3 is 5.91 Å². The number of hydrogen-bond acceptors (Lipinski definition) is 4. The van der Waals surface area contributed by atoms with E-state index in [0.29, 0.717) is 28.0 Å². The fraction of sp³-hybridized carbons (Fsp3) is 0.0435. The number of halogens is 4. The molecule has 0 aliphatic carbocycles. The zero-order valence-electron chi connectivity index (χ0n) is 16.2. The van der Waals surface area contributed by atoms with E-state index in [0.717, 1.165) is 25.5 Å². The minimum absolute atomic E-state index is 0.167. The summed E-state index contributed by atoms with van der Waals surface area (Å²) in [5.74, 6) is 0.400. The van der Waals surface area contributed by atoms with Crippen molar-refractivity contribution in [3.63, 3.8) is 0 Å². The first kappa shape index (κ1) is 22.9. The van der Waals surface area contributed by atoms with Gasteiger partial charge in [-0.3, -0.25) is 4.79 Å². The van der Waals surface area contributed by atoms with Gasteiger partial charge in [-0.2, -0.15) is 5.10 Å². The van der Waals surface area contributed by atoms with Crippen LogP contribution < -0.4 is 10.2 Å². The summed E-state index contributed by atoms with van der Waals surface area (Å²) in [6.07, 6.45) is 1.53. The zero-order chi connectivity index (χ0) is 22.7. The fourth-order valence-corrected chi connectivity index (χ4v) is 4.66. The van der Waals surface area contributed by atoms with Crippen molar-refractivity contribution in [3.8, 4) is 5.75 Å². The third-order valence-corrected chi connectivity index (χ3v) is 6.06. The number of benzene rings is 3. The van der Waals surface area contributed by atoms with E-state index in [2.05, 4.69) is 42.4 Å². The molecular formula is C23H14Br2Cl2N2O3. The summed E-state index contributed by atoms with van der Waals surface area (Å²) in [6, 6.07) is 17.9. The van der Waals surface area contributed by atoms with Crippen molar-refractivity contribution in [3.05, 3.63) is 96.5 Å². The molecule has 0 bridgehead atoms. The first-order valence-electron chi connectivity index (χ1n) is 9.28. The normalized spacial score (nSPS) is 11.2. The van der Waals surface area contributed by atoms with Gasteiger partial charge in [-0.25, -0.2) is 5.43 Å². The summed E-state index contributed by atoms with van der Waals surface area (Å²) in [5, 5.41) is 5.93. The van der Waals surface area contributed by atoms with Gasteiger partial charge in [0.15, 0.2) is 5.76 Å². The number of rotatable bonds is 6. The second-order valence-corrected chi connectivity index (χ2v) is 9.32. The maximum Gasteiger partial charge on any atom is 0.307 e. The van der Waals surface area contributed by atoms with Gasteiger partial charge < -0.3 is 9.15 Å². The number of carbonyl (C=O) groups is 1. The summed E-state index contributed by atoms with van der Waals surface area (Å²) < 4.78 is 13.0. The van der Waals surface area contributed by atoms with Crippen molar-refractivity contribution in [2.24, 2.45) is 5.10 Å². The molecule has 0 atom stereocenters. The van der Waals surface area contributed by atoms with E-state index in [1.807, 2.05) is 42.5 Å². The molecule has 0 saturated heterocycles. The van der Waals surface area contributed by atoms with Gasteiger partial charge in [0.1, 0.15) is 17.9 Å². The van der Waals surface area contributed by atoms with Crippen molar-refractivity contribution in [2.75, 3.05) is 0 Å². The van der Waals surface area contributed by atoms with Crippen LogP contribution in [0.5, 0.6) is 5.75 Å². The highest BCUT2D eigenvalue weighted by atomic mass is 79.9. The van der Waals surface area contributed by atoms with Crippen molar-refractivity contribution >= 4 is 78.2 Å². The molecule has 0 fully saturated rings. The van der Waals surface area contributed by atoms with Crippen LogP contribution in [0.25, 0.3) is 11.0 Å². The number of hydrazone groups is 1. The molecule has 5 nitrogen and oxygen atoms in total. The van der Waals surface area contributed by atoms with Crippen molar-refractivity contribution in [1.82, 2.24) is 5.43 Å². The minimum atomic E-state index is -0.444. The molecule has 0 aliphatic rings. The predicted octanol–water partition coefficient (Wildman–Crippen LogP) is 7.61. The molecule has 162 valence electrons. The van der Waals surface area contributed by atoms with Crippen LogP contribution in [-0.4, -0.2) is 12.1 Å². The Hall–Kier alpha value is -2.32. The number of fused-ring (bicyclic) bond motifs is 1. The maximum atomic E-state index is 12.3. The Morgan fingerprint density at radius 1 is 1.06 bits per heavy atom. The Morgan fingerprint density at radius 3 is 2.59 bits per heavy atom. The lowest BCUT2D eigenvalue weighted by atomic mass is 10.2. The Labute approximate surface area is 210 Å². The summed E-state index contributed by atoms with van der Waals surface area (Å²) in [4.78, 5) is 12.3. The highest BCUT2D eigenvalue weighted by molar-refractivity contribution is 9.11. The molecule has 32 heavy (non-hydrogen) atoms. The molecule has 0 saturated carbocycles. The monoisotopic (exact) mass is 594 g/mol. The van der Waals surface area contributed by atoms with Crippen molar-refractivity contribution in [2.45, 2.75) is 6.61 Å². The molecular weight excluding hydrogens is 583 g/mol. The largest absolute Gasteiger partial charge is 0.489 e. The SMILES string of the molecule is O=C(N/N=C\c1ccc(OCc2ccc(Cl)cc2Cl)cc1)c1cc2cc(Br)cc(Br)c2o1. The number of nitrogens with one attached hydrogen (secondary N) is 1. The molecule has 0 unspecified atom stereocenters. The molecule has 1 aromatic heterocycles. The highest BCUT2D eigenvalue weighted by Crippen LogP contribution is 2.31. The lowest BCUT2D eigenvalue weighted by molar-refractivity contribution is 0.0929. The van der Waals surface area contributed by atoms with Crippen LogP contribution in [0.15, 0.2) is 79.1 Å². The molecule has 0 spiro atoms. The second-order valence-electron chi connectivity index (χ2n) is 6.71. The minimum Gasteiger partial charge on any atom is -0.489 e. The summed E-state index contributed by atoms with van der Waals surface area (Å²) >= 11 is 18.9. The summed E-state index contributed by atoms with van der Waals surface area (Å²) in [6.45, 7) is 0.323. The molecule has 3 aromatic carbocycles. The molecule has 4 rings (SSSR count). The second kappa shape index (κ2) is 10.1. The number of furan rings is 1. The molecule has 0 aliphatic heterocycles. The lowest BCUT2D eigenvalue weighted by Crippen LogP contribution is -2.16. The number of ether oxygens (including phenoxy) is 1. The van der Waals surface area contributed by atoms with Gasteiger partial charge in [-0.1, -0.05) is 45.2 Å². The average molecular weight is 597 g/mol. The topological polar surface area (TPSA) is 63.8 Å². The number of hydrogen-bond donors (Lipinski definition) is 1. The van der Waals surface area contributed by atoms with E-state index < -0.39 is 5.91 Å². The van der Waals surface area contributed by atoms with Crippen LogP contribution in [0.2, 0.25) is 10.0 Å². The first-order chi connectivity index (χ1) is 15.4. The third kappa shape index (κ3) is 5.53. The molecule has 1 heterocycles. The standard InChI is InChI=1S/C23H14Br2Cl2N2O3/c24-16-7-15-8-21(32-22(15)19(25)9-16)23(30)29-28-11-13-1-5-18(6-2-13)31-12-14-3-4-17(26)10-20(14)27/h1-11H,12H2,(H,29,30)/b28-11-. The van der Waals surface area contributed by atoms with Crippen LogP contribution in [0.4, 0.5) is 0 Å². The van der Waals surface area contributed by atoms with Gasteiger partial charge in [0, 0.05) is 25.5 Å². The zero-order valence-corrected chi connectivity index (χ0v) is 20.9. The molecule has 4 aromatic rings. The Kier molecular flexibility index (Phi) is 7.20. The van der Waals surface area contributed by atoms with Crippen molar-refractivity contribution < 1.29 is 13.9 Å². The average Bonchev–Trinajstić information content (AvgIpc) is 3.19. The van der Waals surface area contributed by atoms with Gasteiger partial charge in [-0.05, 0) is 76.1 Å². The van der Waals surface area contributed by atoms with Crippen LogP contribution in [0, 0.1) is 0 Å². The van der Waals surface area contributed by atoms with E-state index in [1.54, 1.807) is 18.2 Å². The van der Waals surface area contributed by atoms with E-state index >= 15 is 0 Å². The van der Waals surface area contributed by atoms with E-state index in [1.165, 1.54) is 6.21 Å². The van der Waals surface area contributed by atoms with Crippen molar-refractivity contribution in [1.29, 1.82) is 0 Å². The summed E-state index contributed by atoms with van der Waals surface area (Å²) in [5.41, 5.74) is 4.70. The van der Waals surface area contributed by atoms with E-state index in [4.69, 9.17) is 32.4 Å². The number of carbonyl (C=O) groups excluding carboxylic acids is 1. The maximum absolute atomic E-state index is 12.3. The molecule has 9 heteroatoms. The molecule has 1 amide bonds. The lowest BCUT2D eigenvalue weighted by Gasteiger charge is -2.08. The van der Waals surface area contributed by atoms with Crippen LogP contribution >= 0.6 is 55.1 Å². The van der Waals surface area contributed by atoms with E-state index in [9.17, 15) is 4.79 Å². The van der Waals surface area contributed by atoms with Gasteiger partial charge in [0.25, 0.3) is 0 Å². The van der Waals surface area contributed by atoms with Gasteiger partial charge in [0.2, 0.25) is 0 Å². The Morgan fingerprint density at radius 2 is 1.84 bits per heavy atom. The number of nitrogens with zero attached hydrogens (tertiary/aromatic N) is 1. The third-order valence-electron chi connectivity index (χ3n) is 4.43. The number of amides is 1. The smallest absolute Gasteiger partial charge is 0.307 e. The van der Waals surface area contributed by atoms with Gasteiger partial charge in [-0.15, -0.1) is 0 Å². The highest BCUT2D eigenvalue weighted by Gasteiger charge is 2.14. The first-order valence-corrected chi connectivity index (χ1v) is 11.6. The molecule has 0 radical (unpaired) electrons. The quantitative estimate of drug-likeness (QED) is 0.184. The van der Waals surface area contributed by atoms with Crippen LogP contribution in [-0.2, 0) is 6.61 Å². The Bertz CT molecular complexity index is 1320. The fourth-order valence-electron chi connectivity index (χ4n) is 2.86. The van der Waals surface area contributed by atoms with Crippen LogP contribution in [0.1, 0.15) is 21.7 Å². The summed E-state index contributed by atoms with van der Waals surface area (Å²) in [7, 11) is 0. The predicted molar refractivity (Wildman–Crippen MR) is 134 cm³/mol. The van der Waals surface area contributed by atoms with Gasteiger partial charge in [0.05, 0.1) is 10.7 Å². The molecule has 1 N–H and O–H groups in total. The van der Waals surface area contributed by atoms with Crippen LogP contribution in [0.3, 0.4) is 0 Å². The van der Waals surface area contributed by atoms with E-state index in [-0.39, 0.29) is 5.76 Å². The Balaban J connectivity index is 1.34.